The standard InChI is InChI=1S/C10H13NO2S2/c12-9(13)6-14-10-11-7-4-2-1-3-5-8(7)15-10/h1-6H2,(H,12,13). The minimum Gasteiger partial charge on any atom is -0.481 e. The van der Waals surface area contributed by atoms with Crippen LogP contribution in [-0.4, -0.2) is 21.8 Å². The van der Waals surface area contributed by atoms with E-state index in [9.17, 15) is 4.79 Å². The third-order valence-electron chi connectivity index (χ3n) is 2.40. The molecule has 0 saturated carbocycles. The average molecular weight is 243 g/mol. The predicted octanol–water partition coefficient (Wildman–Crippen LogP) is 2.59. The number of aromatic nitrogens is 1. The Morgan fingerprint density at radius 3 is 3.00 bits per heavy atom. The molecule has 0 bridgehead atoms. The van der Waals surface area contributed by atoms with Gasteiger partial charge >= 0.3 is 5.97 Å². The van der Waals surface area contributed by atoms with Crippen LogP contribution in [0.4, 0.5) is 0 Å². The fourth-order valence-electron chi connectivity index (χ4n) is 1.69. The lowest BCUT2D eigenvalue weighted by Gasteiger charge is -1.92. The number of nitrogens with zero attached hydrogens (tertiary/aromatic N) is 1. The number of carboxylic acids is 1. The van der Waals surface area contributed by atoms with Crippen LogP contribution >= 0.6 is 23.1 Å². The van der Waals surface area contributed by atoms with Gasteiger partial charge in [-0.1, -0.05) is 18.2 Å². The van der Waals surface area contributed by atoms with Gasteiger partial charge in [-0.25, -0.2) is 4.98 Å². The van der Waals surface area contributed by atoms with Crippen molar-refractivity contribution in [2.24, 2.45) is 0 Å². The molecule has 0 aromatic carbocycles. The Bertz CT molecular complexity index is 339. The second-order valence-electron chi connectivity index (χ2n) is 3.59. The van der Waals surface area contributed by atoms with Crippen LogP contribution in [0, 0.1) is 0 Å². The highest BCUT2D eigenvalue weighted by molar-refractivity contribution is 8.01. The first-order chi connectivity index (χ1) is 7.25. The summed E-state index contributed by atoms with van der Waals surface area (Å²) in [5, 5.41) is 8.58. The SMILES string of the molecule is O=C(O)CSc1nc2c(s1)CCCCC2. The minimum atomic E-state index is -0.773. The Hall–Kier alpha value is -0.550. The van der Waals surface area contributed by atoms with Gasteiger partial charge in [0.1, 0.15) is 0 Å². The van der Waals surface area contributed by atoms with Gasteiger partial charge in [0, 0.05) is 4.88 Å². The van der Waals surface area contributed by atoms with E-state index in [1.807, 2.05) is 0 Å². The van der Waals surface area contributed by atoms with Crippen molar-refractivity contribution in [3.05, 3.63) is 10.6 Å². The molecule has 0 radical (unpaired) electrons. The van der Waals surface area contributed by atoms with Crippen molar-refractivity contribution in [3.63, 3.8) is 0 Å². The lowest BCUT2D eigenvalue weighted by atomic mass is 10.2. The summed E-state index contributed by atoms with van der Waals surface area (Å²) in [5.41, 5.74) is 1.21. The molecule has 1 aliphatic rings. The molecule has 0 atom stereocenters. The van der Waals surface area contributed by atoms with Gasteiger partial charge in [0.25, 0.3) is 0 Å². The average Bonchev–Trinajstić information content (AvgIpc) is 2.46. The van der Waals surface area contributed by atoms with Gasteiger partial charge in [0.05, 0.1) is 11.4 Å². The van der Waals surface area contributed by atoms with E-state index in [2.05, 4.69) is 4.98 Å². The van der Waals surface area contributed by atoms with E-state index in [4.69, 9.17) is 5.11 Å². The summed E-state index contributed by atoms with van der Waals surface area (Å²) < 4.78 is 0.921. The van der Waals surface area contributed by atoms with Crippen LogP contribution in [-0.2, 0) is 17.6 Å². The summed E-state index contributed by atoms with van der Waals surface area (Å²) in [6, 6.07) is 0. The summed E-state index contributed by atoms with van der Waals surface area (Å²) in [6.45, 7) is 0. The summed E-state index contributed by atoms with van der Waals surface area (Å²) in [7, 11) is 0. The maximum Gasteiger partial charge on any atom is 0.313 e. The Kier molecular flexibility index (Phi) is 3.64. The first-order valence-corrected chi connectivity index (χ1v) is 6.89. The molecular formula is C10H13NO2S2. The van der Waals surface area contributed by atoms with Gasteiger partial charge < -0.3 is 5.11 Å². The van der Waals surface area contributed by atoms with Gasteiger partial charge in [-0.15, -0.1) is 11.3 Å². The quantitative estimate of drug-likeness (QED) is 0.655. The number of hydrogen-bond acceptors (Lipinski definition) is 4. The first-order valence-electron chi connectivity index (χ1n) is 5.09. The summed E-state index contributed by atoms with van der Waals surface area (Å²) >= 11 is 3.02. The van der Waals surface area contributed by atoms with Crippen LogP contribution in [0.2, 0.25) is 0 Å². The van der Waals surface area contributed by atoms with Crippen LogP contribution in [0.15, 0.2) is 4.34 Å². The molecule has 82 valence electrons. The topological polar surface area (TPSA) is 50.2 Å². The summed E-state index contributed by atoms with van der Waals surface area (Å²) in [5.74, 6) is -0.655. The fraction of sp³-hybridized carbons (Fsp3) is 0.600. The number of thiazole rings is 1. The molecule has 1 N–H and O–H groups in total. The molecule has 1 aliphatic carbocycles. The Labute approximate surface area is 96.9 Å². The van der Waals surface area contributed by atoms with Gasteiger partial charge in [0.15, 0.2) is 4.34 Å². The van der Waals surface area contributed by atoms with Crippen LogP contribution in [0.3, 0.4) is 0 Å². The number of carbonyl (C=O) groups is 1. The summed E-state index contributed by atoms with van der Waals surface area (Å²) in [6.07, 6.45) is 5.96. The van der Waals surface area contributed by atoms with Crippen LogP contribution < -0.4 is 0 Å². The molecule has 1 heterocycles. The molecule has 1 aromatic heterocycles. The fourth-order valence-corrected chi connectivity index (χ4v) is 3.70. The minimum absolute atomic E-state index is 0.117. The maximum atomic E-state index is 10.4. The molecule has 0 saturated heterocycles. The van der Waals surface area contributed by atoms with Crippen molar-refractivity contribution < 1.29 is 9.90 Å². The van der Waals surface area contributed by atoms with Gasteiger partial charge in [0.2, 0.25) is 0 Å². The lowest BCUT2D eigenvalue weighted by Crippen LogP contribution is -1.97. The zero-order valence-electron chi connectivity index (χ0n) is 8.36. The smallest absolute Gasteiger partial charge is 0.313 e. The zero-order valence-corrected chi connectivity index (χ0v) is 9.99. The van der Waals surface area contributed by atoms with E-state index in [1.165, 1.54) is 41.6 Å². The molecule has 5 heteroatoms. The largest absolute Gasteiger partial charge is 0.481 e. The number of aryl methyl sites for hydroxylation is 2. The molecule has 0 aliphatic heterocycles. The monoisotopic (exact) mass is 243 g/mol. The second kappa shape index (κ2) is 4.99. The van der Waals surface area contributed by atoms with Gasteiger partial charge in [-0.2, -0.15) is 0 Å². The highest BCUT2D eigenvalue weighted by atomic mass is 32.2. The third kappa shape index (κ3) is 2.95. The Morgan fingerprint density at radius 1 is 1.40 bits per heavy atom. The van der Waals surface area contributed by atoms with Crippen molar-refractivity contribution in [3.8, 4) is 0 Å². The van der Waals surface area contributed by atoms with Gasteiger partial charge in [-0.3, -0.25) is 4.79 Å². The van der Waals surface area contributed by atoms with Crippen molar-refractivity contribution in [1.29, 1.82) is 0 Å². The van der Waals surface area contributed by atoms with Crippen LogP contribution in [0.25, 0.3) is 0 Å². The molecule has 0 spiro atoms. The molecule has 1 aromatic rings. The van der Waals surface area contributed by atoms with E-state index in [0.717, 1.165) is 17.2 Å². The second-order valence-corrected chi connectivity index (χ2v) is 5.90. The van der Waals surface area contributed by atoms with E-state index < -0.39 is 5.97 Å². The first kappa shape index (κ1) is 11.0. The highest BCUT2D eigenvalue weighted by Gasteiger charge is 2.14. The molecule has 2 rings (SSSR count). The molecular weight excluding hydrogens is 230 g/mol. The van der Waals surface area contributed by atoms with Gasteiger partial charge in [-0.05, 0) is 25.7 Å². The van der Waals surface area contributed by atoms with E-state index in [1.54, 1.807) is 11.3 Å². The number of fused-ring (bicyclic) bond motifs is 1. The summed E-state index contributed by atoms with van der Waals surface area (Å²) in [4.78, 5) is 16.3. The van der Waals surface area contributed by atoms with Crippen LogP contribution in [0.5, 0.6) is 0 Å². The van der Waals surface area contributed by atoms with E-state index in [-0.39, 0.29) is 5.75 Å². The highest BCUT2D eigenvalue weighted by Crippen LogP contribution is 2.31. The Morgan fingerprint density at radius 2 is 2.20 bits per heavy atom. The number of thioether (sulfide) groups is 1. The van der Waals surface area contributed by atoms with E-state index >= 15 is 0 Å². The number of rotatable bonds is 3. The number of aliphatic carboxylic acids is 1. The van der Waals surface area contributed by atoms with Crippen molar-refractivity contribution in [2.45, 2.75) is 36.4 Å². The molecule has 0 unspecified atom stereocenters. The maximum absolute atomic E-state index is 10.4. The molecule has 0 fully saturated rings. The Balaban J connectivity index is 2.05. The van der Waals surface area contributed by atoms with Crippen molar-refractivity contribution >= 4 is 29.1 Å². The molecule has 0 amide bonds. The normalized spacial score (nSPS) is 15.7. The number of hydrogen-bond donors (Lipinski definition) is 1. The number of carboxylic acid groups (broad SMARTS) is 1. The lowest BCUT2D eigenvalue weighted by molar-refractivity contribution is -0.133. The zero-order chi connectivity index (χ0) is 10.7. The van der Waals surface area contributed by atoms with Crippen LogP contribution in [0.1, 0.15) is 29.8 Å². The van der Waals surface area contributed by atoms with Crippen molar-refractivity contribution in [1.82, 2.24) is 4.98 Å². The predicted molar refractivity (Wildman–Crippen MR) is 61.7 cm³/mol. The van der Waals surface area contributed by atoms with Crippen molar-refractivity contribution in [2.75, 3.05) is 5.75 Å². The molecule has 3 nitrogen and oxygen atoms in total. The van der Waals surface area contributed by atoms with E-state index in [0.29, 0.717) is 0 Å². The molecule has 15 heavy (non-hydrogen) atoms. The third-order valence-corrected chi connectivity index (χ3v) is 4.68.